The molecule has 1 aliphatic carbocycles. The van der Waals surface area contributed by atoms with E-state index in [1.807, 2.05) is 24.3 Å². The highest BCUT2D eigenvalue weighted by molar-refractivity contribution is 5.94. The van der Waals surface area contributed by atoms with Gasteiger partial charge in [0.05, 0.1) is 18.2 Å². The fourth-order valence-corrected chi connectivity index (χ4v) is 3.75. The first-order valence-electron chi connectivity index (χ1n) is 8.75. The number of aromatic amines is 1. The minimum atomic E-state index is -0.0312. The molecule has 6 nitrogen and oxygen atoms in total. The van der Waals surface area contributed by atoms with Crippen LogP contribution in [0, 0.1) is 0 Å². The van der Waals surface area contributed by atoms with Crippen molar-refractivity contribution in [2.45, 2.75) is 56.3 Å². The molecule has 2 N–H and O–H groups in total. The van der Waals surface area contributed by atoms with Crippen molar-refractivity contribution in [2.24, 2.45) is 0 Å². The van der Waals surface area contributed by atoms with Gasteiger partial charge in [-0.1, -0.05) is 12.1 Å². The van der Waals surface area contributed by atoms with E-state index in [1.54, 1.807) is 0 Å². The molecule has 124 valence electrons. The summed E-state index contributed by atoms with van der Waals surface area (Å²) >= 11 is 0. The molecule has 1 aromatic heterocycles. The molecule has 2 aromatic rings. The van der Waals surface area contributed by atoms with Crippen molar-refractivity contribution in [1.29, 1.82) is 0 Å². The van der Waals surface area contributed by atoms with Gasteiger partial charge >= 0.3 is 0 Å². The van der Waals surface area contributed by atoms with Crippen LogP contribution in [0.25, 0.3) is 11.4 Å². The first-order valence-corrected chi connectivity index (χ1v) is 8.75. The third kappa shape index (κ3) is 2.51. The number of amides is 1. The summed E-state index contributed by atoms with van der Waals surface area (Å²) in [4.78, 5) is 17.0. The zero-order valence-corrected chi connectivity index (χ0v) is 13.4. The highest BCUT2D eigenvalue weighted by atomic mass is 16.5. The average Bonchev–Trinajstić information content (AvgIpc) is 3.03. The largest absolute Gasteiger partial charge is 0.373 e. The monoisotopic (exact) mass is 324 g/mol. The molecule has 24 heavy (non-hydrogen) atoms. The lowest BCUT2D eigenvalue weighted by Crippen LogP contribution is -2.41. The molecule has 3 fully saturated rings. The molecule has 6 heteroatoms. The van der Waals surface area contributed by atoms with Gasteiger partial charge in [0.2, 0.25) is 0 Å². The second-order valence-electron chi connectivity index (χ2n) is 7.09. The van der Waals surface area contributed by atoms with Gasteiger partial charge in [0.25, 0.3) is 5.91 Å². The van der Waals surface area contributed by atoms with Gasteiger partial charge in [0, 0.05) is 17.0 Å². The molecule has 2 bridgehead atoms. The lowest BCUT2D eigenvalue weighted by Gasteiger charge is -2.20. The van der Waals surface area contributed by atoms with Gasteiger partial charge in [-0.15, -0.1) is 0 Å². The van der Waals surface area contributed by atoms with Crippen LogP contribution in [0.5, 0.6) is 0 Å². The van der Waals surface area contributed by atoms with Crippen molar-refractivity contribution in [3.63, 3.8) is 0 Å². The summed E-state index contributed by atoms with van der Waals surface area (Å²) < 4.78 is 5.79. The Bertz CT molecular complexity index is 766. The number of ether oxygens (including phenoxy) is 1. The lowest BCUT2D eigenvalue weighted by atomic mass is 9.95. The van der Waals surface area contributed by atoms with E-state index in [4.69, 9.17) is 4.74 Å². The number of nitrogens with zero attached hydrogens (tertiary/aromatic N) is 2. The second-order valence-corrected chi connectivity index (χ2v) is 7.09. The number of carbonyl (C=O) groups is 1. The minimum absolute atomic E-state index is 0.0312. The van der Waals surface area contributed by atoms with Crippen LogP contribution in [0.1, 0.15) is 54.2 Å². The third-order valence-electron chi connectivity index (χ3n) is 5.29. The molecule has 1 aromatic carbocycles. The Morgan fingerprint density at radius 3 is 2.67 bits per heavy atom. The number of aromatic nitrogens is 3. The Labute approximate surface area is 140 Å². The highest BCUT2D eigenvalue weighted by Gasteiger charge is 2.41. The minimum Gasteiger partial charge on any atom is -0.373 e. The van der Waals surface area contributed by atoms with E-state index >= 15 is 0 Å². The summed E-state index contributed by atoms with van der Waals surface area (Å²) in [6, 6.07) is 7.65. The molecular weight excluding hydrogens is 304 g/mol. The molecular formula is C18H20N4O2. The summed E-state index contributed by atoms with van der Waals surface area (Å²) in [6.07, 6.45) is 6.06. The maximum Gasteiger partial charge on any atom is 0.251 e. The van der Waals surface area contributed by atoms with Crippen LogP contribution in [0.15, 0.2) is 24.3 Å². The Morgan fingerprint density at radius 1 is 1.17 bits per heavy atom. The maximum absolute atomic E-state index is 12.4. The normalized spacial score (nSPS) is 28.2. The number of nitrogens with one attached hydrogen (secondary N) is 2. The number of fused-ring (bicyclic) bond motifs is 2. The topological polar surface area (TPSA) is 79.9 Å². The maximum atomic E-state index is 12.4. The highest BCUT2D eigenvalue weighted by Crippen LogP contribution is 2.38. The molecule has 1 amide bonds. The van der Waals surface area contributed by atoms with E-state index in [9.17, 15) is 4.79 Å². The molecule has 3 aliphatic rings. The molecule has 0 radical (unpaired) electrons. The van der Waals surface area contributed by atoms with E-state index < -0.39 is 0 Å². The number of carbonyl (C=O) groups excluding carboxylic acids is 1. The summed E-state index contributed by atoms with van der Waals surface area (Å²) in [5.74, 6) is 2.20. The Kier molecular flexibility index (Phi) is 3.19. The SMILES string of the molecule is O=C(NC1CC2CCC1O2)c1ccc(-c2n[nH]c(C3CC3)n2)cc1. The first kappa shape index (κ1) is 14.2. The molecule has 3 unspecified atom stereocenters. The molecule has 0 spiro atoms. The van der Waals surface area contributed by atoms with Gasteiger partial charge in [-0.05, 0) is 44.2 Å². The van der Waals surface area contributed by atoms with E-state index in [-0.39, 0.29) is 18.1 Å². The summed E-state index contributed by atoms with van der Waals surface area (Å²) in [6.45, 7) is 0. The quantitative estimate of drug-likeness (QED) is 0.905. The zero-order valence-electron chi connectivity index (χ0n) is 13.4. The van der Waals surface area contributed by atoms with Gasteiger partial charge in [-0.2, -0.15) is 5.10 Å². The summed E-state index contributed by atoms with van der Waals surface area (Å²) in [7, 11) is 0. The van der Waals surface area contributed by atoms with Gasteiger partial charge in [-0.3, -0.25) is 9.89 Å². The van der Waals surface area contributed by atoms with E-state index in [0.717, 1.165) is 30.7 Å². The van der Waals surface area contributed by atoms with Crippen LogP contribution in [0.3, 0.4) is 0 Å². The van der Waals surface area contributed by atoms with Crippen LogP contribution in [0.4, 0.5) is 0 Å². The van der Waals surface area contributed by atoms with Crippen LogP contribution in [0.2, 0.25) is 0 Å². The average molecular weight is 324 g/mol. The van der Waals surface area contributed by atoms with Gasteiger partial charge in [0.1, 0.15) is 5.82 Å². The fourth-order valence-electron chi connectivity index (χ4n) is 3.75. The Hall–Kier alpha value is -2.21. The lowest BCUT2D eigenvalue weighted by molar-refractivity contribution is 0.0841. The van der Waals surface area contributed by atoms with Crippen LogP contribution in [-0.4, -0.2) is 39.3 Å². The molecule has 3 heterocycles. The van der Waals surface area contributed by atoms with Crippen LogP contribution in [-0.2, 0) is 4.74 Å². The number of benzene rings is 1. The number of H-pyrrole nitrogens is 1. The van der Waals surface area contributed by atoms with Gasteiger partial charge < -0.3 is 10.1 Å². The van der Waals surface area contributed by atoms with Crippen LogP contribution < -0.4 is 5.32 Å². The standard InChI is InChI=1S/C18H20N4O2/c23-18(19-14-9-13-7-8-15(14)24-13)12-5-3-11(4-6-12)17-20-16(21-22-17)10-1-2-10/h3-6,10,13-15H,1-2,7-9H2,(H,19,23)(H,20,21,22). The van der Waals surface area contributed by atoms with E-state index in [2.05, 4.69) is 20.5 Å². The molecule has 3 atom stereocenters. The number of rotatable bonds is 4. The van der Waals surface area contributed by atoms with Crippen molar-refractivity contribution in [3.05, 3.63) is 35.7 Å². The number of hydrogen-bond acceptors (Lipinski definition) is 4. The van der Waals surface area contributed by atoms with E-state index in [0.29, 0.717) is 23.4 Å². The molecule has 2 saturated heterocycles. The molecule has 5 rings (SSSR count). The number of hydrogen-bond donors (Lipinski definition) is 2. The van der Waals surface area contributed by atoms with Crippen molar-refractivity contribution >= 4 is 5.91 Å². The summed E-state index contributed by atoms with van der Waals surface area (Å²) in [5, 5.41) is 10.4. The van der Waals surface area contributed by atoms with Crippen molar-refractivity contribution in [2.75, 3.05) is 0 Å². The summed E-state index contributed by atoms with van der Waals surface area (Å²) in [5.41, 5.74) is 1.59. The predicted molar refractivity (Wildman–Crippen MR) is 87.6 cm³/mol. The van der Waals surface area contributed by atoms with Crippen molar-refractivity contribution in [3.8, 4) is 11.4 Å². The van der Waals surface area contributed by atoms with Gasteiger partial charge in [0.15, 0.2) is 5.82 Å². The van der Waals surface area contributed by atoms with E-state index in [1.165, 1.54) is 12.8 Å². The zero-order chi connectivity index (χ0) is 16.1. The predicted octanol–water partition coefficient (Wildman–Crippen LogP) is 2.40. The molecule has 1 saturated carbocycles. The third-order valence-corrected chi connectivity index (χ3v) is 5.29. The second kappa shape index (κ2) is 5.41. The first-order chi connectivity index (χ1) is 11.8. The van der Waals surface area contributed by atoms with Crippen LogP contribution >= 0.6 is 0 Å². The smallest absolute Gasteiger partial charge is 0.251 e. The van der Waals surface area contributed by atoms with Gasteiger partial charge in [-0.25, -0.2) is 4.98 Å². The Morgan fingerprint density at radius 2 is 2.00 bits per heavy atom. The van der Waals surface area contributed by atoms with Crippen molar-refractivity contribution < 1.29 is 9.53 Å². The fraction of sp³-hybridized carbons (Fsp3) is 0.500. The Balaban J connectivity index is 1.27. The molecule has 2 aliphatic heterocycles. The van der Waals surface area contributed by atoms with Crippen molar-refractivity contribution in [1.82, 2.24) is 20.5 Å².